The van der Waals surface area contributed by atoms with E-state index in [1.54, 1.807) is 32.2 Å². The lowest BCUT2D eigenvalue weighted by atomic mass is 9.96. The highest BCUT2D eigenvalue weighted by atomic mass is 32.2. The van der Waals surface area contributed by atoms with Gasteiger partial charge in [0.25, 0.3) is 0 Å². The number of sulfonamides is 1. The summed E-state index contributed by atoms with van der Waals surface area (Å²) in [7, 11) is -1.96. The first-order chi connectivity index (χ1) is 16.8. The number of ketones is 1. The quantitative estimate of drug-likeness (QED) is 0.401. The van der Waals surface area contributed by atoms with Gasteiger partial charge < -0.3 is 13.9 Å². The molecule has 1 saturated carbocycles. The lowest BCUT2D eigenvalue weighted by Gasteiger charge is -2.30. The molecule has 1 atom stereocenters. The van der Waals surface area contributed by atoms with Gasteiger partial charge in [0.15, 0.2) is 23.0 Å². The Morgan fingerprint density at radius 1 is 1.06 bits per heavy atom. The van der Waals surface area contributed by atoms with Crippen molar-refractivity contribution in [3.63, 3.8) is 0 Å². The van der Waals surface area contributed by atoms with Crippen molar-refractivity contribution in [3.05, 3.63) is 53.8 Å². The standard InChI is InChI=1S/C27H31NO6S/c1-18-22-16-21(35(30,31)28(2)19-8-4-3-5-9-19)13-15-24(22)34-27(18)23(29)14-12-20-17-32-25-10-6-7-11-26(25)33-20/h6-7,10-11,13,15-16,19-20H,3-5,8-9,12,14,17H2,1-2H3. The minimum atomic E-state index is -3.63. The zero-order chi connectivity index (χ0) is 24.6. The number of carbonyl (C=O) groups excluding carboxylic acids is 1. The van der Waals surface area contributed by atoms with Crippen LogP contribution in [0, 0.1) is 6.92 Å². The maximum Gasteiger partial charge on any atom is 0.243 e. The Balaban J connectivity index is 1.31. The van der Waals surface area contributed by atoms with Gasteiger partial charge in [-0.3, -0.25) is 4.79 Å². The summed E-state index contributed by atoms with van der Waals surface area (Å²) in [6.07, 6.45) is 5.58. The molecule has 1 unspecified atom stereocenters. The molecule has 8 heteroatoms. The van der Waals surface area contributed by atoms with Gasteiger partial charge in [-0.25, -0.2) is 8.42 Å². The molecule has 1 fully saturated rings. The average molecular weight is 498 g/mol. The monoisotopic (exact) mass is 497 g/mol. The molecule has 0 amide bonds. The predicted octanol–water partition coefficient (Wildman–Crippen LogP) is 5.50. The Labute approximate surface area is 206 Å². The Bertz CT molecular complexity index is 1340. The molecular weight excluding hydrogens is 466 g/mol. The van der Waals surface area contributed by atoms with Crippen LogP contribution in [-0.4, -0.2) is 44.3 Å². The van der Waals surface area contributed by atoms with Gasteiger partial charge in [-0.15, -0.1) is 0 Å². The third-order valence-corrected chi connectivity index (χ3v) is 9.09. The minimum absolute atomic E-state index is 0.0324. The Hall–Kier alpha value is -2.84. The number of hydrogen-bond donors (Lipinski definition) is 0. The van der Waals surface area contributed by atoms with Gasteiger partial charge in [-0.2, -0.15) is 4.31 Å². The number of rotatable bonds is 7. The molecule has 2 aromatic carbocycles. The van der Waals surface area contributed by atoms with Crippen LogP contribution >= 0.6 is 0 Å². The first-order valence-corrected chi connectivity index (χ1v) is 13.7. The number of furan rings is 1. The molecule has 35 heavy (non-hydrogen) atoms. The van der Waals surface area contributed by atoms with E-state index in [0.29, 0.717) is 41.1 Å². The number of Topliss-reactive ketones (excluding diaryl/α,β-unsaturated/α-hetero) is 1. The number of nitrogens with zero attached hydrogens (tertiary/aromatic N) is 1. The van der Waals surface area contributed by atoms with Crippen molar-refractivity contribution >= 4 is 26.8 Å². The molecule has 5 rings (SSSR count). The van der Waals surface area contributed by atoms with E-state index < -0.39 is 10.0 Å². The number of benzene rings is 2. The zero-order valence-corrected chi connectivity index (χ0v) is 21.0. The van der Waals surface area contributed by atoms with E-state index in [4.69, 9.17) is 13.9 Å². The van der Waals surface area contributed by atoms with E-state index >= 15 is 0 Å². The maximum absolute atomic E-state index is 13.3. The van der Waals surface area contributed by atoms with Crippen LogP contribution in [0.3, 0.4) is 0 Å². The molecule has 0 bridgehead atoms. The normalized spacial score (nSPS) is 18.8. The van der Waals surface area contributed by atoms with Gasteiger partial charge in [0.2, 0.25) is 10.0 Å². The zero-order valence-electron chi connectivity index (χ0n) is 20.2. The molecule has 7 nitrogen and oxygen atoms in total. The highest BCUT2D eigenvalue weighted by Gasteiger charge is 2.30. The average Bonchev–Trinajstić information content (AvgIpc) is 3.23. The van der Waals surface area contributed by atoms with Crippen molar-refractivity contribution in [1.82, 2.24) is 4.31 Å². The van der Waals surface area contributed by atoms with Gasteiger partial charge in [0.1, 0.15) is 18.3 Å². The molecule has 0 saturated heterocycles. The number of carbonyl (C=O) groups is 1. The summed E-state index contributed by atoms with van der Waals surface area (Å²) >= 11 is 0. The second-order valence-electron chi connectivity index (χ2n) is 9.49. The first-order valence-electron chi connectivity index (χ1n) is 12.3. The third kappa shape index (κ3) is 4.69. The topological polar surface area (TPSA) is 86.0 Å². The van der Waals surface area contributed by atoms with Crippen LogP contribution in [0.1, 0.15) is 61.1 Å². The third-order valence-electron chi connectivity index (χ3n) is 7.19. The molecular formula is C27H31NO6S. The van der Waals surface area contributed by atoms with E-state index in [0.717, 1.165) is 32.1 Å². The van der Waals surface area contributed by atoms with E-state index in [9.17, 15) is 13.2 Å². The van der Waals surface area contributed by atoms with E-state index in [1.807, 2.05) is 24.3 Å². The van der Waals surface area contributed by atoms with Crippen molar-refractivity contribution in [1.29, 1.82) is 0 Å². The number of hydrogen-bond acceptors (Lipinski definition) is 6. The molecule has 186 valence electrons. The van der Waals surface area contributed by atoms with Gasteiger partial charge in [-0.1, -0.05) is 31.4 Å². The van der Waals surface area contributed by atoms with E-state index in [-0.39, 0.29) is 35.0 Å². The summed E-state index contributed by atoms with van der Waals surface area (Å²) in [6, 6.07) is 12.4. The summed E-state index contributed by atoms with van der Waals surface area (Å²) in [4.78, 5) is 13.2. The second kappa shape index (κ2) is 9.66. The largest absolute Gasteiger partial charge is 0.486 e. The lowest BCUT2D eigenvalue weighted by molar-refractivity contribution is 0.0753. The smallest absolute Gasteiger partial charge is 0.243 e. The molecule has 1 aromatic heterocycles. The molecule has 0 spiro atoms. The van der Waals surface area contributed by atoms with Crippen LogP contribution in [0.25, 0.3) is 11.0 Å². The summed E-state index contributed by atoms with van der Waals surface area (Å²) in [6.45, 7) is 2.19. The molecule has 2 heterocycles. The Morgan fingerprint density at radius 3 is 2.57 bits per heavy atom. The number of ether oxygens (including phenoxy) is 2. The van der Waals surface area contributed by atoms with Crippen molar-refractivity contribution in [2.24, 2.45) is 0 Å². The highest BCUT2D eigenvalue weighted by molar-refractivity contribution is 7.89. The highest BCUT2D eigenvalue weighted by Crippen LogP contribution is 2.34. The van der Waals surface area contributed by atoms with Crippen LogP contribution in [0.4, 0.5) is 0 Å². The van der Waals surface area contributed by atoms with Gasteiger partial charge in [-0.05, 0) is 56.5 Å². The Kier molecular flexibility index (Phi) is 6.59. The number of fused-ring (bicyclic) bond motifs is 2. The summed E-state index contributed by atoms with van der Waals surface area (Å²) in [5.74, 6) is 1.53. The van der Waals surface area contributed by atoms with Crippen molar-refractivity contribution < 1.29 is 27.1 Å². The SMILES string of the molecule is Cc1c(C(=O)CCC2COc3ccccc3O2)oc2ccc(S(=O)(=O)N(C)C3CCCCC3)cc12. The van der Waals surface area contributed by atoms with Crippen LogP contribution in [0.5, 0.6) is 11.5 Å². The fraction of sp³-hybridized carbons (Fsp3) is 0.444. The lowest BCUT2D eigenvalue weighted by Crippen LogP contribution is -2.38. The predicted molar refractivity (Wildman–Crippen MR) is 133 cm³/mol. The fourth-order valence-corrected chi connectivity index (χ4v) is 6.49. The molecule has 1 aliphatic heterocycles. The molecule has 2 aliphatic rings. The first kappa shape index (κ1) is 23.9. The van der Waals surface area contributed by atoms with Crippen LogP contribution in [-0.2, 0) is 10.0 Å². The van der Waals surface area contributed by atoms with Crippen molar-refractivity contribution in [2.45, 2.75) is 68.9 Å². The number of aryl methyl sites for hydroxylation is 1. The minimum Gasteiger partial charge on any atom is -0.486 e. The van der Waals surface area contributed by atoms with E-state index in [1.165, 1.54) is 4.31 Å². The fourth-order valence-electron chi connectivity index (χ4n) is 5.04. The summed E-state index contributed by atoms with van der Waals surface area (Å²) in [5.41, 5.74) is 1.17. The maximum atomic E-state index is 13.3. The molecule has 0 radical (unpaired) electrons. The van der Waals surface area contributed by atoms with Gasteiger partial charge in [0.05, 0.1) is 4.90 Å². The van der Waals surface area contributed by atoms with Crippen molar-refractivity contribution in [2.75, 3.05) is 13.7 Å². The summed E-state index contributed by atoms with van der Waals surface area (Å²) < 4.78 is 45.7. The van der Waals surface area contributed by atoms with Gasteiger partial charge >= 0.3 is 0 Å². The molecule has 0 N–H and O–H groups in total. The summed E-state index contributed by atoms with van der Waals surface area (Å²) in [5, 5.41) is 0.651. The molecule has 3 aromatic rings. The Morgan fingerprint density at radius 2 is 1.80 bits per heavy atom. The van der Waals surface area contributed by atoms with Gasteiger partial charge in [0, 0.05) is 30.5 Å². The van der Waals surface area contributed by atoms with Crippen LogP contribution in [0.15, 0.2) is 51.8 Å². The van der Waals surface area contributed by atoms with Crippen LogP contribution < -0.4 is 9.47 Å². The number of para-hydroxylation sites is 2. The van der Waals surface area contributed by atoms with Crippen LogP contribution in [0.2, 0.25) is 0 Å². The molecule has 1 aliphatic carbocycles. The van der Waals surface area contributed by atoms with Crippen molar-refractivity contribution in [3.8, 4) is 11.5 Å². The van der Waals surface area contributed by atoms with E-state index in [2.05, 4.69) is 0 Å². The second-order valence-corrected chi connectivity index (χ2v) is 11.5.